The second-order valence-corrected chi connectivity index (χ2v) is 10.6. The van der Waals surface area contributed by atoms with Crippen molar-refractivity contribution < 1.29 is 17.6 Å². The lowest BCUT2D eigenvalue weighted by molar-refractivity contribution is -0.116. The molecule has 0 spiro atoms. The highest BCUT2D eigenvalue weighted by Gasteiger charge is 2.27. The third kappa shape index (κ3) is 5.33. The number of sulfone groups is 1. The van der Waals surface area contributed by atoms with Gasteiger partial charge in [-0.25, -0.2) is 17.8 Å². The van der Waals surface area contributed by atoms with E-state index >= 15 is 0 Å². The first kappa shape index (κ1) is 24.3. The van der Waals surface area contributed by atoms with Crippen LogP contribution >= 0.6 is 11.3 Å². The van der Waals surface area contributed by atoms with Gasteiger partial charge in [0.05, 0.1) is 15.1 Å². The van der Waals surface area contributed by atoms with Crippen molar-refractivity contribution in [1.29, 1.82) is 0 Å². The number of aromatic nitrogens is 1. The summed E-state index contributed by atoms with van der Waals surface area (Å²) < 4.78 is 39.8. The van der Waals surface area contributed by atoms with E-state index in [0.717, 1.165) is 46.6 Å². The van der Waals surface area contributed by atoms with Gasteiger partial charge in [-0.05, 0) is 62.3 Å². The van der Waals surface area contributed by atoms with E-state index in [0.29, 0.717) is 18.2 Å². The second-order valence-electron chi connectivity index (χ2n) is 7.66. The van der Waals surface area contributed by atoms with Crippen LogP contribution in [0.2, 0.25) is 0 Å². The van der Waals surface area contributed by atoms with Crippen LogP contribution in [0.25, 0.3) is 10.2 Å². The molecule has 172 valence electrons. The monoisotopic (exact) mass is 477 g/mol. The molecule has 0 saturated carbocycles. The van der Waals surface area contributed by atoms with Crippen LogP contribution in [0.5, 0.6) is 0 Å². The van der Waals surface area contributed by atoms with Crippen molar-refractivity contribution in [3.8, 4) is 0 Å². The molecule has 32 heavy (non-hydrogen) atoms. The Morgan fingerprint density at radius 1 is 1.00 bits per heavy atom. The van der Waals surface area contributed by atoms with Gasteiger partial charge in [0.15, 0.2) is 15.0 Å². The SMILES string of the molecule is CCN(CC)CCN(C(=O)CS(=O)(=O)c1ccc(F)cc1)c1nc2c(C)ccc(C)c2s1. The fourth-order valence-corrected chi connectivity index (χ4v) is 5.79. The van der Waals surface area contributed by atoms with Crippen molar-refractivity contribution in [1.82, 2.24) is 9.88 Å². The summed E-state index contributed by atoms with van der Waals surface area (Å²) in [5.41, 5.74) is 2.89. The Balaban J connectivity index is 1.95. The molecule has 6 nitrogen and oxygen atoms in total. The molecule has 0 saturated heterocycles. The van der Waals surface area contributed by atoms with Crippen molar-refractivity contribution in [3.05, 3.63) is 53.3 Å². The minimum atomic E-state index is -3.92. The highest BCUT2D eigenvalue weighted by Crippen LogP contribution is 2.33. The Morgan fingerprint density at radius 3 is 2.22 bits per heavy atom. The molecule has 1 aromatic heterocycles. The van der Waals surface area contributed by atoms with E-state index in [1.807, 2.05) is 39.8 Å². The molecule has 0 atom stereocenters. The first-order valence-corrected chi connectivity index (χ1v) is 13.0. The van der Waals surface area contributed by atoms with E-state index < -0.39 is 27.3 Å². The van der Waals surface area contributed by atoms with Crippen LogP contribution in [0.4, 0.5) is 9.52 Å². The van der Waals surface area contributed by atoms with Crippen LogP contribution in [-0.2, 0) is 14.6 Å². The molecule has 3 rings (SSSR count). The summed E-state index contributed by atoms with van der Waals surface area (Å²) in [6.07, 6.45) is 0. The standard InChI is InChI=1S/C23H28FN3O3S2/c1-5-26(6-2)13-14-27(23-25-21-16(3)7-8-17(4)22(21)31-23)20(28)15-32(29,30)19-11-9-18(24)10-12-19/h7-12H,5-6,13-15H2,1-4H3. The number of halogens is 1. The van der Waals surface area contributed by atoms with E-state index in [-0.39, 0.29) is 4.90 Å². The molecule has 0 unspecified atom stereocenters. The van der Waals surface area contributed by atoms with E-state index in [2.05, 4.69) is 4.90 Å². The van der Waals surface area contributed by atoms with Crippen molar-refractivity contribution >= 4 is 42.4 Å². The molecule has 0 radical (unpaired) electrons. The van der Waals surface area contributed by atoms with Crippen LogP contribution in [0.15, 0.2) is 41.3 Å². The third-order valence-electron chi connectivity index (χ3n) is 5.48. The lowest BCUT2D eigenvalue weighted by Crippen LogP contribution is -2.41. The summed E-state index contributed by atoms with van der Waals surface area (Å²) in [5, 5.41) is 0.490. The van der Waals surface area contributed by atoms with Gasteiger partial charge in [0.1, 0.15) is 11.6 Å². The van der Waals surface area contributed by atoms with Crippen LogP contribution in [-0.4, -0.2) is 56.1 Å². The summed E-state index contributed by atoms with van der Waals surface area (Å²) in [5.74, 6) is -1.78. The number of thiazole rings is 1. The topological polar surface area (TPSA) is 70.6 Å². The van der Waals surface area contributed by atoms with Crippen LogP contribution in [0.3, 0.4) is 0 Å². The molecule has 0 bridgehead atoms. The van der Waals surface area contributed by atoms with Gasteiger partial charge in [0, 0.05) is 13.1 Å². The Hall–Kier alpha value is -2.36. The number of amides is 1. The molecule has 1 amide bonds. The quantitative estimate of drug-likeness (QED) is 0.432. The number of rotatable bonds is 9. The number of carbonyl (C=O) groups excluding carboxylic acids is 1. The summed E-state index contributed by atoms with van der Waals surface area (Å²) in [6, 6.07) is 8.53. The van der Waals surface area contributed by atoms with E-state index in [4.69, 9.17) is 4.98 Å². The predicted molar refractivity (Wildman–Crippen MR) is 128 cm³/mol. The molecular weight excluding hydrogens is 449 g/mol. The summed E-state index contributed by atoms with van der Waals surface area (Å²) in [7, 11) is -3.92. The van der Waals surface area contributed by atoms with E-state index in [1.54, 1.807) is 0 Å². The Bertz CT molecular complexity index is 1160. The number of carbonyl (C=O) groups is 1. The zero-order valence-electron chi connectivity index (χ0n) is 18.8. The predicted octanol–water partition coefficient (Wildman–Crippen LogP) is 4.20. The van der Waals surface area contributed by atoms with Gasteiger partial charge in [-0.2, -0.15) is 0 Å². The zero-order valence-corrected chi connectivity index (χ0v) is 20.4. The lowest BCUT2D eigenvalue weighted by atomic mass is 10.1. The minimum Gasteiger partial charge on any atom is -0.302 e. The van der Waals surface area contributed by atoms with Gasteiger partial charge in [-0.15, -0.1) is 0 Å². The Kier molecular flexibility index (Phi) is 7.63. The van der Waals surface area contributed by atoms with E-state index in [1.165, 1.54) is 28.4 Å². The molecule has 3 aromatic rings. The average Bonchev–Trinajstić information content (AvgIpc) is 3.20. The molecule has 0 N–H and O–H groups in total. The molecule has 0 aliphatic carbocycles. The highest BCUT2D eigenvalue weighted by atomic mass is 32.2. The van der Waals surface area contributed by atoms with Crippen molar-refractivity contribution in [2.45, 2.75) is 32.6 Å². The van der Waals surface area contributed by atoms with Crippen LogP contribution < -0.4 is 4.90 Å². The number of hydrogen-bond acceptors (Lipinski definition) is 6. The fraction of sp³-hybridized carbons (Fsp3) is 0.391. The van der Waals surface area contributed by atoms with Crippen LogP contribution in [0, 0.1) is 19.7 Å². The number of nitrogens with zero attached hydrogens (tertiary/aromatic N) is 3. The maximum Gasteiger partial charge on any atom is 0.244 e. The van der Waals surface area contributed by atoms with Gasteiger partial charge in [0.25, 0.3) is 0 Å². The highest BCUT2D eigenvalue weighted by molar-refractivity contribution is 7.92. The Labute approximate surface area is 192 Å². The maximum absolute atomic E-state index is 13.3. The number of fused-ring (bicyclic) bond motifs is 1. The summed E-state index contributed by atoms with van der Waals surface area (Å²) in [6.45, 7) is 10.6. The minimum absolute atomic E-state index is 0.0769. The van der Waals surface area contributed by atoms with Gasteiger partial charge in [0.2, 0.25) is 5.91 Å². The van der Waals surface area contributed by atoms with Crippen molar-refractivity contribution in [3.63, 3.8) is 0 Å². The number of anilines is 1. The van der Waals surface area contributed by atoms with Crippen molar-refractivity contribution in [2.24, 2.45) is 0 Å². The van der Waals surface area contributed by atoms with Crippen molar-refractivity contribution in [2.75, 3.05) is 36.8 Å². The largest absolute Gasteiger partial charge is 0.302 e. The fourth-order valence-electron chi connectivity index (χ4n) is 3.44. The number of hydrogen-bond donors (Lipinski definition) is 0. The van der Waals surface area contributed by atoms with Gasteiger partial charge in [-0.3, -0.25) is 9.69 Å². The van der Waals surface area contributed by atoms with Gasteiger partial charge < -0.3 is 4.90 Å². The number of benzene rings is 2. The molecule has 2 aromatic carbocycles. The molecule has 0 fully saturated rings. The maximum atomic E-state index is 13.3. The van der Waals surface area contributed by atoms with E-state index in [9.17, 15) is 17.6 Å². The number of likely N-dealkylation sites (N-methyl/N-ethyl adjacent to an activating group) is 1. The molecule has 9 heteroatoms. The Morgan fingerprint density at radius 2 is 1.62 bits per heavy atom. The number of aryl methyl sites for hydroxylation is 2. The molecule has 0 aliphatic rings. The summed E-state index contributed by atoms with van der Waals surface area (Å²) >= 11 is 1.40. The molecular formula is C23H28FN3O3S2. The first-order chi connectivity index (χ1) is 15.2. The second kappa shape index (κ2) is 10.1. The smallest absolute Gasteiger partial charge is 0.244 e. The average molecular weight is 478 g/mol. The van der Waals surface area contributed by atoms with Crippen LogP contribution in [0.1, 0.15) is 25.0 Å². The van der Waals surface area contributed by atoms with Gasteiger partial charge in [-0.1, -0.05) is 37.3 Å². The normalized spacial score (nSPS) is 11.9. The lowest BCUT2D eigenvalue weighted by Gasteiger charge is -2.24. The molecule has 0 aliphatic heterocycles. The van der Waals surface area contributed by atoms with Gasteiger partial charge >= 0.3 is 0 Å². The third-order valence-corrected chi connectivity index (χ3v) is 8.31. The first-order valence-electron chi connectivity index (χ1n) is 10.5. The zero-order chi connectivity index (χ0) is 23.5. The molecule has 1 heterocycles. The summed E-state index contributed by atoms with van der Waals surface area (Å²) in [4.78, 5) is 21.5.